The number of nitrogens with zero attached hydrogens (tertiary/aromatic N) is 1. The number of hydrogen-bond acceptors (Lipinski definition) is 3. The standard InChI is InChI=1S/C16H19N3O/c1-11-4-9-14(10-18-11)19-15(20)16(2,3)12-5-7-13(17)8-6-12/h4-10H,17H2,1-3H3,(H,19,20). The molecule has 0 aliphatic heterocycles. The Balaban J connectivity index is 2.18. The molecule has 1 heterocycles. The summed E-state index contributed by atoms with van der Waals surface area (Å²) < 4.78 is 0. The molecule has 3 N–H and O–H groups in total. The Labute approximate surface area is 119 Å². The van der Waals surface area contributed by atoms with Gasteiger partial charge in [0.2, 0.25) is 5.91 Å². The smallest absolute Gasteiger partial charge is 0.234 e. The summed E-state index contributed by atoms with van der Waals surface area (Å²) in [5, 5.41) is 2.89. The van der Waals surface area contributed by atoms with Gasteiger partial charge in [-0.3, -0.25) is 9.78 Å². The number of carbonyl (C=O) groups excluding carboxylic acids is 1. The highest BCUT2D eigenvalue weighted by molar-refractivity contribution is 5.98. The molecule has 0 bridgehead atoms. The Morgan fingerprint density at radius 3 is 2.35 bits per heavy atom. The van der Waals surface area contributed by atoms with Crippen LogP contribution in [0.25, 0.3) is 0 Å². The fourth-order valence-corrected chi connectivity index (χ4v) is 1.86. The van der Waals surface area contributed by atoms with Crippen LogP contribution in [0.4, 0.5) is 11.4 Å². The number of aryl methyl sites for hydroxylation is 1. The SMILES string of the molecule is Cc1ccc(NC(=O)C(C)(C)c2ccc(N)cc2)cn1. The predicted octanol–water partition coefficient (Wildman–Crippen LogP) is 2.89. The third kappa shape index (κ3) is 2.96. The molecule has 0 aliphatic carbocycles. The first-order chi connectivity index (χ1) is 9.39. The lowest BCUT2D eigenvalue weighted by Gasteiger charge is -2.24. The van der Waals surface area contributed by atoms with Crippen molar-refractivity contribution in [2.45, 2.75) is 26.2 Å². The minimum absolute atomic E-state index is 0.0760. The van der Waals surface area contributed by atoms with Crippen LogP contribution in [-0.4, -0.2) is 10.9 Å². The first kappa shape index (κ1) is 14.1. The van der Waals surface area contributed by atoms with Gasteiger partial charge in [-0.05, 0) is 50.6 Å². The molecule has 20 heavy (non-hydrogen) atoms. The Kier molecular flexibility index (Phi) is 3.74. The number of pyridine rings is 1. The van der Waals surface area contributed by atoms with Crippen molar-refractivity contribution in [2.24, 2.45) is 0 Å². The fourth-order valence-electron chi connectivity index (χ4n) is 1.86. The van der Waals surface area contributed by atoms with E-state index in [1.165, 1.54) is 0 Å². The van der Waals surface area contributed by atoms with E-state index >= 15 is 0 Å². The Hall–Kier alpha value is -2.36. The van der Waals surface area contributed by atoms with Crippen LogP contribution in [-0.2, 0) is 10.2 Å². The molecule has 0 spiro atoms. The molecular weight excluding hydrogens is 250 g/mol. The number of hydrogen-bond donors (Lipinski definition) is 2. The lowest BCUT2D eigenvalue weighted by Crippen LogP contribution is -2.34. The van der Waals surface area contributed by atoms with E-state index in [-0.39, 0.29) is 5.91 Å². The largest absolute Gasteiger partial charge is 0.399 e. The van der Waals surface area contributed by atoms with Crippen LogP contribution >= 0.6 is 0 Å². The highest BCUT2D eigenvalue weighted by Crippen LogP contribution is 2.25. The number of aromatic nitrogens is 1. The lowest BCUT2D eigenvalue weighted by atomic mass is 9.83. The number of benzene rings is 1. The molecule has 0 saturated heterocycles. The number of anilines is 2. The van der Waals surface area contributed by atoms with Crippen LogP contribution in [0.1, 0.15) is 25.1 Å². The maximum Gasteiger partial charge on any atom is 0.234 e. The summed E-state index contributed by atoms with van der Waals surface area (Å²) in [5.74, 6) is -0.0760. The molecule has 2 aromatic rings. The van der Waals surface area contributed by atoms with Crippen LogP contribution in [0.15, 0.2) is 42.6 Å². The van der Waals surface area contributed by atoms with Crippen molar-refractivity contribution in [3.05, 3.63) is 53.9 Å². The summed E-state index contributed by atoms with van der Waals surface area (Å²) >= 11 is 0. The molecule has 0 fully saturated rings. The van der Waals surface area contributed by atoms with Gasteiger partial charge in [-0.15, -0.1) is 0 Å². The van der Waals surface area contributed by atoms with Gasteiger partial charge in [0, 0.05) is 11.4 Å². The average molecular weight is 269 g/mol. The minimum atomic E-state index is -0.640. The van der Waals surface area contributed by atoms with Crippen molar-refractivity contribution >= 4 is 17.3 Å². The first-order valence-corrected chi connectivity index (χ1v) is 6.50. The predicted molar refractivity (Wildman–Crippen MR) is 81.5 cm³/mol. The second-order valence-corrected chi connectivity index (χ2v) is 5.39. The van der Waals surface area contributed by atoms with E-state index in [0.29, 0.717) is 11.4 Å². The van der Waals surface area contributed by atoms with E-state index in [1.54, 1.807) is 18.3 Å². The zero-order valence-corrected chi connectivity index (χ0v) is 12.0. The number of rotatable bonds is 3. The maximum atomic E-state index is 12.4. The molecule has 4 nitrogen and oxygen atoms in total. The molecule has 1 aromatic heterocycles. The quantitative estimate of drug-likeness (QED) is 0.842. The molecule has 0 radical (unpaired) electrons. The number of nitrogens with one attached hydrogen (secondary N) is 1. The van der Waals surface area contributed by atoms with E-state index in [2.05, 4.69) is 10.3 Å². The molecule has 104 valence electrons. The van der Waals surface area contributed by atoms with Gasteiger partial charge in [0.1, 0.15) is 0 Å². The van der Waals surface area contributed by atoms with Crippen LogP contribution in [0, 0.1) is 6.92 Å². The number of carbonyl (C=O) groups is 1. The average Bonchev–Trinajstić information content (AvgIpc) is 2.42. The zero-order valence-electron chi connectivity index (χ0n) is 12.0. The van der Waals surface area contributed by atoms with Crippen molar-refractivity contribution in [3.8, 4) is 0 Å². The van der Waals surface area contributed by atoms with Gasteiger partial charge in [0.05, 0.1) is 17.3 Å². The van der Waals surface area contributed by atoms with Crippen LogP contribution in [0.5, 0.6) is 0 Å². The second-order valence-electron chi connectivity index (χ2n) is 5.39. The van der Waals surface area contributed by atoms with Crippen LogP contribution < -0.4 is 11.1 Å². The molecule has 2 rings (SSSR count). The number of amides is 1. The normalized spacial score (nSPS) is 11.2. The Morgan fingerprint density at radius 2 is 1.80 bits per heavy atom. The van der Waals surface area contributed by atoms with Crippen molar-refractivity contribution in [3.63, 3.8) is 0 Å². The monoisotopic (exact) mass is 269 g/mol. The molecule has 4 heteroatoms. The maximum absolute atomic E-state index is 12.4. The molecule has 0 saturated carbocycles. The molecule has 1 aromatic carbocycles. The Morgan fingerprint density at radius 1 is 1.15 bits per heavy atom. The first-order valence-electron chi connectivity index (χ1n) is 6.50. The lowest BCUT2D eigenvalue weighted by molar-refractivity contribution is -0.120. The van der Waals surface area contributed by atoms with Gasteiger partial charge >= 0.3 is 0 Å². The third-order valence-corrected chi connectivity index (χ3v) is 3.37. The van der Waals surface area contributed by atoms with Gasteiger partial charge in [0.15, 0.2) is 0 Å². The molecule has 0 aliphatic rings. The van der Waals surface area contributed by atoms with E-state index in [0.717, 1.165) is 11.3 Å². The number of nitrogens with two attached hydrogens (primary N) is 1. The van der Waals surface area contributed by atoms with Crippen LogP contribution in [0.2, 0.25) is 0 Å². The summed E-state index contributed by atoms with van der Waals surface area (Å²) in [6, 6.07) is 11.1. The summed E-state index contributed by atoms with van der Waals surface area (Å²) in [4.78, 5) is 16.6. The zero-order chi connectivity index (χ0) is 14.8. The summed E-state index contributed by atoms with van der Waals surface area (Å²) in [7, 11) is 0. The molecule has 0 unspecified atom stereocenters. The molecular formula is C16H19N3O. The second kappa shape index (κ2) is 5.33. The molecule has 1 amide bonds. The highest BCUT2D eigenvalue weighted by atomic mass is 16.2. The van der Waals surface area contributed by atoms with E-state index in [4.69, 9.17) is 5.73 Å². The topological polar surface area (TPSA) is 68.0 Å². The van der Waals surface area contributed by atoms with Gasteiger partial charge in [0.25, 0.3) is 0 Å². The van der Waals surface area contributed by atoms with E-state index < -0.39 is 5.41 Å². The van der Waals surface area contributed by atoms with Gasteiger partial charge < -0.3 is 11.1 Å². The highest BCUT2D eigenvalue weighted by Gasteiger charge is 2.29. The summed E-state index contributed by atoms with van der Waals surface area (Å²) in [6.45, 7) is 5.68. The van der Waals surface area contributed by atoms with Crippen LogP contribution in [0.3, 0.4) is 0 Å². The number of nitrogen functional groups attached to an aromatic ring is 1. The van der Waals surface area contributed by atoms with Gasteiger partial charge in [-0.1, -0.05) is 12.1 Å². The van der Waals surface area contributed by atoms with Crippen molar-refractivity contribution in [1.82, 2.24) is 4.98 Å². The van der Waals surface area contributed by atoms with Crippen molar-refractivity contribution in [2.75, 3.05) is 11.1 Å². The van der Waals surface area contributed by atoms with E-state index in [9.17, 15) is 4.79 Å². The fraction of sp³-hybridized carbons (Fsp3) is 0.250. The molecule has 0 atom stereocenters. The van der Waals surface area contributed by atoms with Gasteiger partial charge in [-0.25, -0.2) is 0 Å². The third-order valence-electron chi connectivity index (χ3n) is 3.37. The van der Waals surface area contributed by atoms with E-state index in [1.807, 2.05) is 45.0 Å². The van der Waals surface area contributed by atoms with Gasteiger partial charge in [-0.2, -0.15) is 0 Å². The van der Waals surface area contributed by atoms with Crippen molar-refractivity contribution in [1.29, 1.82) is 0 Å². The minimum Gasteiger partial charge on any atom is -0.399 e. The Bertz CT molecular complexity index is 601. The summed E-state index contributed by atoms with van der Waals surface area (Å²) in [5.41, 5.74) is 8.26. The summed E-state index contributed by atoms with van der Waals surface area (Å²) in [6.07, 6.45) is 1.66. The van der Waals surface area contributed by atoms with Crippen molar-refractivity contribution < 1.29 is 4.79 Å².